The number of carbonyl (C=O) groups excluding carboxylic acids is 1. The Hall–Kier alpha value is -0.830. The Kier molecular flexibility index (Phi) is 1.93. The van der Waals surface area contributed by atoms with Gasteiger partial charge in [0.05, 0.1) is 0 Å². The van der Waals surface area contributed by atoms with E-state index in [0.29, 0.717) is 0 Å². The van der Waals surface area contributed by atoms with E-state index in [-0.39, 0.29) is 17.2 Å². The van der Waals surface area contributed by atoms with Crippen LogP contribution in [-0.4, -0.2) is 12.5 Å². The molecule has 1 N–H and O–H groups in total. The Labute approximate surface area is 97.2 Å². The van der Waals surface area contributed by atoms with Crippen molar-refractivity contribution in [2.24, 2.45) is 11.3 Å². The second-order valence-electron chi connectivity index (χ2n) is 4.64. The highest BCUT2D eigenvalue weighted by Gasteiger charge is 2.61. The molecule has 0 aromatic heterocycles. The van der Waals surface area contributed by atoms with Gasteiger partial charge in [0.2, 0.25) is 5.91 Å². The molecule has 2 unspecified atom stereocenters. The summed E-state index contributed by atoms with van der Waals surface area (Å²) in [4.78, 5) is 11.4. The number of piperidine rings is 1. The van der Waals surface area contributed by atoms with Gasteiger partial charge in [-0.25, -0.2) is 0 Å². The third-order valence-corrected chi connectivity index (χ3v) is 4.06. The van der Waals surface area contributed by atoms with Crippen LogP contribution in [0, 0.1) is 11.3 Å². The SMILES string of the molecule is O=C1NCC2(Cc3cccc(Br)c3)CC12. The van der Waals surface area contributed by atoms with Crippen LogP contribution in [0.5, 0.6) is 0 Å². The third-order valence-electron chi connectivity index (χ3n) is 3.57. The van der Waals surface area contributed by atoms with Crippen molar-refractivity contribution in [1.29, 1.82) is 0 Å². The molecule has 1 aliphatic heterocycles. The maximum absolute atomic E-state index is 11.4. The molecule has 2 atom stereocenters. The number of nitrogens with one attached hydrogen (secondary N) is 1. The average Bonchev–Trinajstić information content (AvgIpc) is 2.82. The lowest BCUT2D eigenvalue weighted by Gasteiger charge is -2.10. The van der Waals surface area contributed by atoms with Crippen LogP contribution in [0.2, 0.25) is 0 Å². The van der Waals surface area contributed by atoms with Crippen LogP contribution in [0.3, 0.4) is 0 Å². The summed E-state index contributed by atoms with van der Waals surface area (Å²) in [5.41, 5.74) is 1.57. The minimum Gasteiger partial charge on any atom is -0.355 e. The summed E-state index contributed by atoms with van der Waals surface area (Å²) in [6, 6.07) is 8.37. The van der Waals surface area contributed by atoms with Crippen molar-refractivity contribution in [1.82, 2.24) is 5.32 Å². The molecule has 1 aromatic carbocycles. The van der Waals surface area contributed by atoms with Gasteiger partial charge in [0.15, 0.2) is 0 Å². The monoisotopic (exact) mass is 265 g/mol. The van der Waals surface area contributed by atoms with E-state index < -0.39 is 0 Å². The van der Waals surface area contributed by atoms with Crippen molar-refractivity contribution in [2.45, 2.75) is 12.8 Å². The van der Waals surface area contributed by atoms with Gasteiger partial charge in [0.1, 0.15) is 0 Å². The fourth-order valence-electron chi connectivity index (χ4n) is 2.61. The molecule has 0 radical (unpaired) electrons. The first-order valence-electron chi connectivity index (χ1n) is 5.22. The van der Waals surface area contributed by atoms with Crippen LogP contribution in [0.15, 0.2) is 28.7 Å². The molecule has 15 heavy (non-hydrogen) atoms. The molecule has 0 spiro atoms. The number of hydrogen-bond acceptors (Lipinski definition) is 1. The lowest BCUT2D eigenvalue weighted by atomic mass is 9.96. The van der Waals surface area contributed by atoms with E-state index >= 15 is 0 Å². The smallest absolute Gasteiger partial charge is 0.223 e. The molecule has 1 saturated heterocycles. The first-order chi connectivity index (χ1) is 7.20. The molecule has 3 rings (SSSR count). The predicted molar refractivity (Wildman–Crippen MR) is 61.4 cm³/mol. The second-order valence-corrected chi connectivity index (χ2v) is 5.56. The Bertz CT molecular complexity index is 431. The highest BCUT2D eigenvalue weighted by atomic mass is 79.9. The van der Waals surface area contributed by atoms with Gasteiger partial charge in [-0.05, 0) is 30.5 Å². The van der Waals surface area contributed by atoms with Crippen LogP contribution >= 0.6 is 15.9 Å². The molecular formula is C12H12BrNO. The molecule has 1 aliphatic carbocycles. The van der Waals surface area contributed by atoms with Crippen molar-refractivity contribution < 1.29 is 4.79 Å². The van der Waals surface area contributed by atoms with Gasteiger partial charge in [-0.3, -0.25) is 4.79 Å². The summed E-state index contributed by atoms with van der Waals surface area (Å²) < 4.78 is 1.12. The molecule has 1 amide bonds. The van der Waals surface area contributed by atoms with Gasteiger partial charge >= 0.3 is 0 Å². The fraction of sp³-hybridized carbons (Fsp3) is 0.417. The van der Waals surface area contributed by atoms with E-state index in [2.05, 4.69) is 39.4 Å². The molecule has 1 aromatic rings. The van der Waals surface area contributed by atoms with Crippen molar-refractivity contribution in [3.8, 4) is 0 Å². The number of halogens is 1. The normalized spacial score (nSPS) is 32.3. The fourth-order valence-corrected chi connectivity index (χ4v) is 3.06. The van der Waals surface area contributed by atoms with Gasteiger partial charge in [-0.15, -0.1) is 0 Å². The molecule has 2 fully saturated rings. The van der Waals surface area contributed by atoms with Crippen LogP contribution in [-0.2, 0) is 11.2 Å². The second kappa shape index (κ2) is 3.08. The summed E-state index contributed by atoms with van der Waals surface area (Å²) >= 11 is 3.47. The summed E-state index contributed by atoms with van der Waals surface area (Å²) in [5, 5.41) is 2.94. The Balaban J connectivity index is 1.80. The maximum atomic E-state index is 11.4. The van der Waals surface area contributed by atoms with Crippen molar-refractivity contribution in [2.75, 3.05) is 6.54 Å². The quantitative estimate of drug-likeness (QED) is 0.872. The van der Waals surface area contributed by atoms with Gasteiger partial charge in [0, 0.05) is 22.4 Å². The highest BCUT2D eigenvalue weighted by molar-refractivity contribution is 9.10. The highest BCUT2D eigenvalue weighted by Crippen LogP contribution is 2.57. The first-order valence-corrected chi connectivity index (χ1v) is 6.01. The minimum atomic E-state index is 0.248. The summed E-state index contributed by atoms with van der Waals surface area (Å²) in [5.74, 6) is 0.543. The number of amides is 1. The molecule has 2 nitrogen and oxygen atoms in total. The molecule has 0 bridgehead atoms. The lowest BCUT2D eigenvalue weighted by molar-refractivity contribution is -0.120. The van der Waals surface area contributed by atoms with E-state index in [4.69, 9.17) is 0 Å². The molecular weight excluding hydrogens is 254 g/mol. The van der Waals surface area contributed by atoms with Crippen molar-refractivity contribution in [3.05, 3.63) is 34.3 Å². The van der Waals surface area contributed by atoms with Crippen LogP contribution in [0.1, 0.15) is 12.0 Å². The predicted octanol–water partition coefficient (Wildman–Crippen LogP) is 2.13. The summed E-state index contributed by atoms with van der Waals surface area (Å²) in [6.45, 7) is 0.864. The van der Waals surface area contributed by atoms with Gasteiger partial charge in [-0.1, -0.05) is 28.1 Å². The van der Waals surface area contributed by atoms with E-state index in [0.717, 1.165) is 23.9 Å². The van der Waals surface area contributed by atoms with Crippen molar-refractivity contribution >= 4 is 21.8 Å². The number of rotatable bonds is 2. The van der Waals surface area contributed by atoms with Crippen LogP contribution in [0.4, 0.5) is 0 Å². The van der Waals surface area contributed by atoms with Crippen molar-refractivity contribution in [3.63, 3.8) is 0 Å². The van der Waals surface area contributed by atoms with Crippen LogP contribution in [0.25, 0.3) is 0 Å². The number of benzene rings is 1. The molecule has 1 saturated carbocycles. The average molecular weight is 266 g/mol. The Morgan fingerprint density at radius 1 is 1.53 bits per heavy atom. The summed E-state index contributed by atoms with van der Waals surface area (Å²) in [7, 11) is 0. The topological polar surface area (TPSA) is 29.1 Å². The number of hydrogen-bond donors (Lipinski definition) is 1. The molecule has 78 valence electrons. The Morgan fingerprint density at radius 3 is 3.00 bits per heavy atom. The van der Waals surface area contributed by atoms with Gasteiger partial charge in [-0.2, -0.15) is 0 Å². The van der Waals surface area contributed by atoms with E-state index in [1.165, 1.54) is 5.56 Å². The summed E-state index contributed by atoms with van der Waals surface area (Å²) in [6.07, 6.45) is 2.10. The zero-order chi connectivity index (χ0) is 10.5. The minimum absolute atomic E-state index is 0.248. The molecule has 2 aliphatic rings. The van der Waals surface area contributed by atoms with Gasteiger partial charge in [0.25, 0.3) is 0 Å². The largest absolute Gasteiger partial charge is 0.355 e. The number of fused-ring (bicyclic) bond motifs is 1. The van der Waals surface area contributed by atoms with E-state index in [1.807, 2.05) is 6.07 Å². The maximum Gasteiger partial charge on any atom is 0.223 e. The van der Waals surface area contributed by atoms with Gasteiger partial charge < -0.3 is 5.32 Å². The number of carbonyl (C=O) groups is 1. The zero-order valence-electron chi connectivity index (χ0n) is 8.29. The third kappa shape index (κ3) is 1.49. The lowest BCUT2D eigenvalue weighted by Crippen LogP contribution is -2.21. The molecule has 1 heterocycles. The van der Waals surface area contributed by atoms with Crippen LogP contribution < -0.4 is 5.32 Å². The standard InChI is InChI=1S/C12H12BrNO/c13-9-3-1-2-8(4-9)5-12-6-10(12)11(15)14-7-12/h1-4,10H,5-7H2,(H,14,15). The molecule has 3 heteroatoms. The Morgan fingerprint density at radius 2 is 2.40 bits per heavy atom. The first kappa shape index (κ1) is 9.40. The van der Waals surface area contributed by atoms with E-state index in [1.54, 1.807) is 0 Å². The zero-order valence-corrected chi connectivity index (χ0v) is 9.88. The van der Waals surface area contributed by atoms with E-state index in [9.17, 15) is 4.79 Å².